The van der Waals surface area contributed by atoms with Gasteiger partial charge in [-0.15, -0.1) is 0 Å². The highest BCUT2D eigenvalue weighted by Crippen LogP contribution is 2.41. The lowest BCUT2D eigenvalue weighted by Gasteiger charge is -2.12. The first-order valence-corrected chi connectivity index (χ1v) is 7.09. The van der Waals surface area contributed by atoms with Gasteiger partial charge in [0.1, 0.15) is 6.10 Å². The molecule has 0 spiro atoms. The second-order valence-corrected chi connectivity index (χ2v) is 5.36. The lowest BCUT2D eigenvalue weighted by atomic mass is 10.1. The van der Waals surface area contributed by atoms with E-state index >= 15 is 0 Å². The molecule has 0 bridgehead atoms. The van der Waals surface area contributed by atoms with Crippen molar-refractivity contribution in [2.24, 2.45) is 5.92 Å². The van der Waals surface area contributed by atoms with Gasteiger partial charge in [0.15, 0.2) is 11.5 Å². The summed E-state index contributed by atoms with van der Waals surface area (Å²) in [7, 11) is 1.57. The summed E-state index contributed by atoms with van der Waals surface area (Å²) in [6.07, 6.45) is 1.76. The van der Waals surface area contributed by atoms with E-state index in [1.165, 1.54) is 0 Å². The van der Waals surface area contributed by atoms with Crippen molar-refractivity contribution in [2.45, 2.75) is 45.8 Å². The average Bonchev–Trinajstić information content (AvgIpc) is 3.16. The van der Waals surface area contributed by atoms with Crippen molar-refractivity contribution in [1.82, 2.24) is 0 Å². The molecule has 1 aromatic rings. The third kappa shape index (κ3) is 3.51. The first kappa shape index (κ1) is 14.9. The molecule has 110 valence electrons. The minimum absolute atomic E-state index is 0.133. The van der Waals surface area contributed by atoms with Crippen LogP contribution in [0.3, 0.4) is 0 Å². The zero-order chi connectivity index (χ0) is 14.7. The van der Waals surface area contributed by atoms with Crippen LogP contribution in [0.1, 0.15) is 45.3 Å². The van der Waals surface area contributed by atoms with E-state index in [1.54, 1.807) is 13.2 Å². The maximum atomic E-state index is 11.8. The maximum absolute atomic E-state index is 11.8. The summed E-state index contributed by atoms with van der Waals surface area (Å²) in [4.78, 5) is 11.8. The first-order chi connectivity index (χ1) is 9.55. The smallest absolute Gasteiger partial charge is 0.311 e. The normalized spacial score (nSPS) is 22.2. The number of ether oxygens (including phenoxy) is 3. The third-order valence-corrected chi connectivity index (χ3v) is 3.66. The number of hydrogen-bond acceptors (Lipinski definition) is 4. The molecule has 1 aliphatic heterocycles. The molecular weight excluding hydrogens is 256 g/mol. The monoisotopic (exact) mass is 278 g/mol. The molecule has 0 N–H and O–H groups in total. The van der Waals surface area contributed by atoms with E-state index < -0.39 is 0 Å². The van der Waals surface area contributed by atoms with Gasteiger partial charge in [0.05, 0.1) is 13.2 Å². The number of methoxy groups -OCH3 is 1. The molecule has 4 nitrogen and oxygen atoms in total. The van der Waals surface area contributed by atoms with Crippen molar-refractivity contribution >= 4 is 5.97 Å². The Morgan fingerprint density at radius 3 is 2.65 bits per heavy atom. The number of carbonyl (C=O) groups is 1. The van der Waals surface area contributed by atoms with Crippen molar-refractivity contribution in [2.75, 3.05) is 7.11 Å². The summed E-state index contributed by atoms with van der Waals surface area (Å²) < 4.78 is 16.1. The molecule has 1 aromatic carbocycles. The quantitative estimate of drug-likeness (QED) is 0.454. The van der Waals surface area contributed by atoms with Crippen molar-refractivity contribution in [3.05, 3.63) is 23.8 Å². The van der Waals surface area contributed by atoms with Crippen LogP contribution in [0.15, 0.2) is 18.2 Å². The molecule has 0 amide bonds. The van der Waals surface area contributed by atoms with Gasteiger partial charge in [-0.1, -0.05) is 26.3 Å². The Morgan fingerprint density at radius 2 is 2.10 bits per heavy atom. The second kappa shape index (κ2) is 6.27. The summed E-state index contributed by atoms with van der Waals surface area (Å²) >= 11 is 0. The predicted molar refractivity (Wildman–Crippen MR) is 76.0 cm³/mol. The maximum Gasteiger partial charge on any atom is 0.311 e. The number of rotatable bonds is 6. The highest BCUT2D eigenvalue weighted by molar-refractivity contribution is 5.73. The summed E-state index contributed by atoms with van der Waals surface area (Å²) in [6, 6.07) is 5.57. The van der Waals surface area contributed by atoms with Crippen molar-refractivity contribution in [1.29, 1.82) is 0 Å². The minimum atomic E-state index is -0.221. The molecule has 20 heavy (non-hydrogen) atoms. The van der Waals surface area contributed by atoms with E-state index in [-0.39, 0.29) is 18.2 Å². The first-order valence-electron chi connectivity index (χ1n) is 7.09. The fourth-order valence-corrected chi connectivity index (χ4v) is 2.07. The molecular formula is C16H22O4. The number of hydrogen-bond donors (Lipinski definition) is 0. The van der Waals surface area contributed by atoms with Crippen LogP contribution in [0.5, 0.6) is 11.5 Å². The number of benzene rings is 1. The highest BCUT2D eigenvalue weighted by Gasteiger charge is 2.36. The SMILES string of the molecule is CC[C@H](C)CC(=O)Oc1ccc([C@H]2O[C@@H]2C)cc1OC. The highest BCUT2D eigenvalue weighted by atomic mass is 16.6. The van der Waals surface area contributed by atoms with E-state index in [0.29, 0.717) is 23.8 Å². The number of epoxide rings is 1. The van der Waals surface area contributed by atoms with Crippen LogP contribution in [0.25, 0.3) is 0 Å². The molecule has 1 fully saturated rings. The second-order valence-electron chi connectivity index (χ2n) is 5.36. The van der Waals surface area contributed by atoms with Gasteiger partial charge in [0.2, 0.25) is 0 Å². The molecule has 0 aromatic heterocycles. The van der Waals surface area contributed by atoms with Crippen LogP contribution in [0.2, 0.25) is 0 Å². The van der Waals surface area contributed by atoms with Crippen LogP contribution in [-0.2, 0) is 9.53 Å². The molecule has 3 atom stereocenters. The van der Waals surface area contributed by atoms with Crippen molar-refractivity contribution < 1.29 is 19.0 Å². The van der Waals surface area contributed by atoms with Crippen molar-refractivity contribution in [3.8, 4) is 11.5 Å². The van der Waals surface area contributed by atoms with Crippen LogP contribution >= 0.6 is 0 Å². The third-order valence-electron chi connectivity index (χ3n) is 3.66. The Balaban J connectivity index is 2.05. The largest absolute Gasteiger partial charge is 0.493 e. The number of esters is 1. The van der Waals surface area contributed by atoms with Gasteiger partial charge in [0.25, 0.3) is 0 Å². The Morgan fingerprint density at radius 1 is 1.40 bits per heavy atom. The summed E-state index contributed by atoms with van der Waals surface area (Å²) in [5, 5.41) is 0. The van der Waals surface area contributed by atoms with Gasteiger partial charge >= 0.3 is 5.97 Å². The Kier molecular flexibility index (Phi) is 4.65. The van der Waals surface area contributed by atoms with Gasteiger partial charge < -0.3 is 14.2 Å². The van der Waals surface area contributed by atoms with E-state index in [9.17, 15) is 4.79 Å². The molecule has 0 radical (unpaired) electrons. The zero-order valence-electron chi connectivity index (χ0n) is 12.5. The number of carbonyl (C=O) groups excluding carboxylic acids is 1. The van der Waals surface area contributed by atoms with Crippen molar-refractivity contribution in [3.63, 3.8) is 0 Å². The fraction of sp³-hybridized carbons (Fsp3) is 0.562. The molecule has 1 saturated heterocycles. The average molecular weight is 278 g/mol. The van der Waals surface area contributed by atoms with Crippen LogP contribution in [0, 0.1) is 5.92 Å². The van der Waals surface area contributed by atoms with E-state index in [0.717, 1.165) is 12.0 Å². The van der Waals surface area contributed by atoms with E-state index in [1.807, 2.05) is 26.0 Å². The molecule has 1 heterocycles. The molecule has 0 aliphatic carbocycles. The minimum Gasteiger partial charge on any atom is -0.493 e. The topological polar surface area (TPSA) is 48.1 Å². The van der Waals surface area contributed by atoms with Crippen LogP contribution < -0.4 is 9.47 Å². The molecule has 2 rings (SSSR count). The van der Waals surface area contributed by atoms with Gasteiger partial charge in [-0.2, -0.15) is 0 Å². The van der Waals surface area contributed by atoms with Crippen LogP contribution in [0.4, 0.5) is 0 Å². The summed E-state index contributed by atoms with van der Waals surface area (Å²) in [5.41, 5.74) is 1.05. The van der Waals surface area contributed by atoms with Gasteiger partial charge in [-0.25, -0.2) is 0 Å². The lowest BCUT2D eigenvalue weighted by molar-refractivity contribution is -0.135. The molecule has 4 heteroatoms. The summed E-state index contributed by atoms with van der Waals surface area (Å²) in [6.45, 7) is 6.12. The summed E-state index contributed by atoms with van der Waals surface area (Å²) in [5.74, 6) is 1.15. The standard InChI is InChI=1S/C16H22O4/c1-5-10(2)8-15(17)20-13-7-6-12(9-14(13)18-4)16-11(3)19-16/h6-7,9-11,16H,5,8H2,1-4H3/t10-,11+,16-/m0/s1. The Hall–Kier alpha value is -1.55. The van der Waals surface area contributed by atoms with Crippen LogP contribution in [-0.4, -0.2) is 19.2 Å². The Labute approximate surface area is 120 Å². The van der Waals surface area contributed by atoms with E-state index in [2.05, 4.69) is 6.92 Å². The van der Waals surface area contributed by atoms with Gasteiger partial charge in [0, 0.05) is 6.42 Å². The lowest BCUT2D eigenvalue weighted by Crippen LogP contribution is -2.12. The molecule has 0 saturated carbocycles. The van der Waals surface area contributed by atoms with Gasteiger partial charge in [-0.05, 0) is 30.5 Å². The van der Waals surface area contributed by atoms with E-state index in [4.69, 9.17) is 14.2 Å². The Bertz CT molecular complexity index is 483. The fourth-order valence-electron chi connectivity index (χ4n) is 2.07. The molecule has 1 aliphatic rings. The van der Waals surface area contributed by atoms with Gasteiger partial charge in [-0.3, -0.25) is 4.79 Å². The zero-order valence-corrected chi connectivity index (χ0v) is 12.5. The molecule has 0 unspecified atom stereocenters. The predicted octanol–water partition coefficient (Wildman–Crippen LogP) is 3.50.